The molecule has 1 fully saturated rings. The van der Waals surface area contributed by atoms with Crippen molar-refractivity contribution in [2.75, 3.05) is 13.1 Å². The maximum absolute atomic E-state index is 12.6. The number of aryl methyl sites for hydroxylation is 1. The van der Waals surface area contributed by atoms with E-state index in [-0.39, 0.29) is 12.0 Å². The van der Waals surface area contributed by atoms with Gasteiger partial charge < -0.3 is 9.64 Å². The molecule has 0 saturated carbocycles. The summed E-state index contributed by atoms with van der Waals surface area (Å²) in [5.74, 6) is 1.08. The van der Waals surface area contributed by atoms with Gasteiger partial charge in [-0.05, 0) is 39.7 Å². The normalized spacial score (nSPS) is 15.8. The van der Waals surface area contributed by atoms with E-state index >= 15 is 0 Å². The van der Waals surface area contributed by atoms with Crippen molar-refractivity contribution in [2.45, 2.75) is 45.6 Å². The molecule has 0 atom stereocenters. The smallest absolute Gasteiger partial charge is 0.255 e. The molecule has 1 aliphatic rings. The van der Waals surface area contributed by atoms with Gasteiger partial charge in [-0.15, -0.1) is 11.3 Å². The molecule has 0 radical (unpaired) electrons. The molecule has 0 aliphatic carbocycles. The Morgan fingerprint density at radius 2 is 2.08 bits per heavy atom. The monoisotopic (exact) mass is 345 g/mol. The van der Waals surface area contributed by atoms with Crippen LogP contribution in [0.25, 0.3) is 0 Å². The minimum absolute atomic E-state index is 0.0485. The molecule has 3 rings (SSSR count). The van der Waals surface area contributed by atoms with Crippen molar-refractivity contribution >= 4 is 17.2 Å². The molecule has 0 N–H and O–H groups in total. The van der Waals surface area contributed by atoms with Crippen LogP contribution in [0, 0.1) is 6.92 Å². The van der Waals surface area contributed by atoms with E-state index in [0.29, 0.717) is 17.4 Å². The Kier molecular flexibility index (Phi) is 5.14. The van der Waals surface area contributed by atoms with Crippen molar-refractivity contribution in [3.63, 3.8) is 0 Å². The van der Waals surface area contributed by atoms with E-state index in [1.54, 1.807) is 29.7 Å². The van der Waals surface area contributed by atoms with E-state index in [9.17, 15) is 4.79 Å². The highest BCUT2D eigenvalue weighted by Crippen LogP contribution is 2.30. The maximum atomic E-state index is 12.6. The average molecular weight is 345 g/mol. The van der Waals surface area contributed by atoms with E-state index in [4.69, 9.17) is 4.74 Å². The Labute approximate surface area is 146 Å². The molecule has 1 amide bonds. The zero-order valence-electron chi connectivity index (χ0n) is 14.4. The summed E-state index contributed by atoms with van der Waals surface area (Å²) >= 11 is 1.73. The molecule has 1 saturated heterocycles. The molecule has 2 aromatic heterocycles. The molecule has 0 spiro atoms. The molecule has 24 heavy (non-hydrogen) atoms. The Morgan fingerprint density at radius 1 is 1.33 bits per heavy atom. The lowest BCUT2D eigenvalue weighted by molar-refractivity contribution is 0.0712. The molecular weight excluding hydrogens is 322 g/mol. The first kappa shape index (κ1) is 16.9. The first-order chi connectivity index (χ1) is 11.5. The standard InChI is InChI=1S/C18H23N3O2S/c1-12(2)23-16-5-4-15(10-19-16)18(22)21-8-6-14(7-9-21)17-20-13(3)11-24-17/h4-5,10-12,14H,6-9H2,1-3H3. The summed E-state index contributed by atoms with van der Waals surface area (Å²) in [5.41, 5.74) is 1.71. The SMILES string of the molecule is Cc1csc(C2CCN(C(=O)c3ccc(OC(C)C)nc3)CC2)n1. The topological polar surface area (TPSA) is 55.3 Å². The number of hydrogen-bond acceptors (Lipinski definition) is 5. The number of hydrogen-bond donors (Lipinski definition) is 0. The number of rotatable bonds is 4. The fourth-order valence-corrected chi connectivity index (χ4v) is 3.86. The maximum Gasteiger partial charge on any atom is 0.255 e. The second kappa shape index (κ2) is 7.30. The summed E-state index contributed by atoms with van der Waals surface area (Å²) in [6, 6.07) is 3.56. The molecule has 128 valence electrons. The number of ether oxygens (including phenoxy) is 1. The molecule has 0 aromatic carbocycles. The van der Waals surface area contributed by atoms with E-state index in [1.165, 1.54) is 5.01 Å². The average Bonchev–Trinajstić information content (AvgIpc) is 3.01. The van der Waals surface area contributed by atoms with Gasteiger partial charge in [-0.1, -0.05) is 0 Å². The summed E-state index contributed by atoms with van der Waals surface area (Å²) in [5, 5.41) is 3.30. The minimum Gasteiger partial charge on any atom is -0.475 e. The van der Waals surface area contributed by atoms with Crippen molar-refractivity contribution in [1.29, 1.82) is 0 Å². The van der Waals surface area contributed by atoms with Gasteiger partial charge in [0.2, 0.25) is 5.88 Å². The predicted molar refractivity (Wildman–Crippen MR) is 94.7 cm³/mol. The van der Waals surface area contributed by atoms with Crippen molar-refractivity contribution in [3.05, 3.63) is 40.0 Å². The van der Waals surface area contributed by atoms with Crippen LogP contribution < -0.4 is 4.74 Å². The second-order valence-corrected chi connectivity index (χ2v) is 7.33. The van der Waals surface area contributed by atoms with E-state index < -0.39 is 0 Å². The van der Waals surface area contributed by atoms with Crippen LogP contribution >= 0.6 is 11.3 Å². The predicted octanol–water partition coefficient (Wildman–Crippen LogP) is 3.65. The Hall–Kier alpha value is -1.95. The van der Waals surface area contributed by atoms with Gasteiger partial charge in [-0.3, -0.25) is 4.79 Å². The van der Waals surface area contributed by atoms with Gasteiger partial charge in [0, 0.05) is 42.3 Å². The summed E-state index contributed by atoms with van der Waals surface area (Å²) in [4.78, 5) is 23.3. The van der Waals surface area contributed by atoms with E-state index in [2.05, 4.69) is 15.3 Å². The number of carbonyl (C=O) groups excluding carboxylic acids is 1. The van der Waals surface area contributed by atoms with Crippen LogP contribution in [0.5, 0.6) is 5.88 Å². The van der Waals surface area contributed by atoms with Gasteiger partial charge in [-0.2, -0.15) is 0 Å². The largest absolute Gasteiger partial charge is 0.475 e. The Balaban J connectivity index is 1.58. The van der Waals surface area contributed by atoms with E-state index in [1.807, 2.05) is 25.7 Å². The van der Waals surface area contributed by atoms with Crippen molar-refractivity contribution in [1.82, 2.24) is 14.9 Å². The molecule has 2 aromatic rings. The van der Waals surface area contributed by atoms with Gasteiger partial charge >= 0.3 is 0 Å². The van der Waals surface area contributed by atoms with Gasteiger partial charge in [-0.25, -0.2) is 9.97 Å². The third-order valence-electron chi connectivity index (χ3n) is 4.11. The minimum atomic E-state index is 0.0485. The van der Waals surface area contributed by atoms with Crippen molar-refractivity contribution in [3.8, 4) is 5.88 Å². The lowest BCUT2D eigenvalue weighted by Gasteiger charge is -2.31. The Morgan fingerprint density at radius 3 is 2.62 bits per heavy atom. The zero-order chi connectivity index (χ0) is 17.1. The molecule has 5 nitrogen and oxygen atoms in total. The van der Waals surface area contributed by atoms with E-state index in [0.717, 1.165) is 31.6 Å². The van der Waals surface area contributed by atoms with Crippen LogP contribution in [-0.4, -0.2) is 40.0 Å². The summed E-state index contributed by atoms with van der Waals surface area (Å²) in [7, 11) is 0. The fourth-order valence-electron chi connectivity index (χ4n) is 2.89. The molecule has 0 bridgehead atoms. The van der Waals surface area contributed by atoms with Crippen LogP contribution in [0.3, 0.4) is 0 Å². The molecule has 6 heteroatoms. The van der Waals surface area contributed by atoms with Crippen LogP contribution in [-0.2, 0) is 0 Å². The number of piperidine rings is 1. The van der Waals surface area contributed by atoms with Crippen LogP contribution in [0.15, 0.2) is 23.7 Å². The number of likely N-dealkylation sites (tertiary alicyclic amines) is 1. The van der Waals surface area contributed by atoms with Gasteiger partial charge in [0.05, 0.1) is 16.7 Å². The Bertz CT molecular complexity index is 689. The zero-order valence-corrected chi connectivity index (χ0v) is 15.2. The highest BCUT2D eigenvalue weighted by molar-refractivity contribution is 7.09. The fraction of sp³-hybridized carbons (Fsp3) is 0.500. The van der Waals surface area contributed by atoms with Gasteiger partial charge in [0.1, 0.15) is 0 Å². The summed E-state index contributed by atoms with van der Waals surface area (Å²) in [6.07, 6.45) is 3.63. The number of carbonyl (C=O) groups is 1. The number of nitrogens with zero attached hydrogens (tertiary/aromatic N) is 3. The van der Waals surface area contributed by atoms with Crippen LogP contribution in [0.4, 0.5) is 0 Å². The lowest BCUT2D eigenvalue weighted by atomic mass is 9.97. The highest BCUT2D eigenvalue weighted by atomic mass is 32.1. The molecule has 3 heterocycles. The summed E-state index contributed by atoms with van der Waals surface area (Å²) < 4.78 is 5.52. The van der Waals surface area contributed by atoms with Crippen LogP contribution in [0.2, 0.25) is 0 Å². The molecular formula is C18H23N3O2S. The lowest BCUT2D eigenvalue weighted by Crippen LogP contribution is -2.38. The van der Waals surface area contributed by atoms with Crippen molar-refractivity contribution < 1.29 is 9.53 Å². The number of pyridine rings is 1. The third-order valence-corrected chi connectivity index (χ3v) is 5.23. The number of aromatic nitrogens is 2. The highest BCUT2D eigenvalue weighted by Gasteiger charge is 2.26. The first-order valence-electron chi connectivity index (χ1n) is 8.37. The second-order valence-electron chi connectivity index (χ2n) is 6.45. The van der Waals surface area contributed by atoms with Gasteiger partial charge in [0.15, 0.2) is 0 Å². The molecule has 1 aliphatic heterocycles. The summed E-state index contributed by atoms with van der Waals surface area (Å²) in [6.45, 7) is 7.47. The molecule has 0 unspecified atom stereocenters. The first-order valence-corrected chi connectivity index (χ1v) is 9.25. The van der Waals surface area contributed by atoms with Crippen LogP contribution in [0.1, 0.15) is 53.7 Å². The van der Waals surface area contributed by atoms with Crippen molar-refractivity contribution in [2.24, 2.45) is 0 Å². The number of amides is 1. The number of thiazole rings is 1. The van der Waals surface area contributed by atoms with Gasteiger partial charge in [0.25, 0.3) is 5.91 Å². The quantitative estimate of drug-likeness (QED) is 0.849. The third kappa shape index (κ3) is 3.93.